The van der Waals surface area contributed by atoms with Gasteiger partial charge in [-0.05, 0) is 36.6 Å². The second-order valence-corrected chi connectivity index (χ2v) is 9.26. The average Bonchev–Trinajstić information content (AvgIpc) is 2.77. The molecule has 0 radical (unpaired) electrons. The number of allylic oxidation sites excluding steroid dienone is 1. The smallest absolute Gasteiger partial charge is 0.251 e. The molecule has 1 aromatic carbocycles. The Morgan fingerprint density at radius 1 is 1.16 bits per heavy atom. The van der Waals surface area contributed by atoms with Crippen LogP contribution in [-0.4, -0.2) is 79.2 Å². The summed E-state index contributed by atoms with van der Waals surface area (Å²) in [6.45, 7) is 5.28. The molecule has 2 rings (SSSR count). The fourth-order valence-corrected chi connectivity index (χ4v) is 4.63. The number of aliphatic hydroxyl groups is 4. The summed E-state index contributed by atoms with van der Waals surface area (Å²) in [7, 11) is -4.46. The number of aliphatic hydroxyl groups excluding tert-OH is 4. The largest absolute Gasteiger partial charge is 0.394 e. The van der Waals surface area contributed by atoms with E-state index >= 15 is 0 Å². The minimum atomic E-state index is -4.46. The molecule has 10 nitrogen and oxygen atoms in total. The normalized spacial score (nSPS) is 26.5. The van der Waals surface area contributed by atoms with Gasteiger partial charge in [0.1, 0.15) is 30.4 Å². The molecule has 1 aliphatic heterocycles. The molecule has 1 aromatic rings. The first-order valence-electron chi connectivity index (χ1n) is 10.5. The van der Waals surface area contributed by atoms with E-state index in [0.29, 0.717) is 5.56 Å². The van der Waals surface area contributed by atoms with Crippen LogP contribution in [0, 0.1) is 11.3 Å². The number of benzene rings is 1. The Bertz CT molecular complexity index is 908. The zero-order chi connectivity index (χ0) is 23.9. The van der Waals surface area contributed by atoms with E-state index in [1.807, 2.05) is 16.9 Å². The topological polar surface area (TPSA) is 163 Å². The van der Waals surface area contributed by atoms with Crippen LogP contribution in [-0.2, 0) is 14.8 Å². The Kier molecular flexibility index (Phi) is 9.60. The highest BCUT2D eigenvalue weighted by molar-refractivity contribution is 7.93. The van der Waals surface area contributed by atoms with Gasteiger partial charge < -0.3 is 30.1 Å². The molecule has 0 aliphatic carbocycles. The van der Waals surface area contributed by atoms with Crippen LogP contribution in [0.2, 0.25) is 0 Å². The fourth-order valence-electron chi connectivity index (χ4n) is 3.48. The van der Waals surface area contributed by atoms with Crippen LogP contribution in [0.3, 0.4) is 0 Å². The van der Waals surface area contributed by atoms with Crippen LogP contribution in [0.25, 0.3) is 6.08 Å². The van der Waals surface area contributed by atoms with E-state index in [0.717, 1.165) is 31.6 Å². The summed E-state index contributed by atoms with van der Waals surface area (Å²) in [4.78, 5) is 1.58. The third-order valence-corrected chi connectivity index (χ3v) is 6.50. The lowest BCUT2D eigenvalue weighted by Gasteiger charge is -2.40. The number of anilines is 1. The van der Waals surface area contributed by atoms with Gasteiger partial charge in [0, 0.05) is 18.8 Å². The molecule has 0 aromatic heterocycles. The van der Waals surface area contributed by atoms with Gasteiger partial charge in [-0.2, -0.15) is 9.98 Å². The molecule has 5 atom stereocenters. The Balaban J connectivity index is 2.22. The maximum Gasteiger partial charge on any atom is 0.251 e. The van der Waals surface area contributed by atoms with Crippen molar-refractivity contribution in [3.05, 3.63) is 34.7 Å². The number of sulfonamides is 1. The molecule has 1 fully saturated rings. The van der Waals surface area contributed by atoms with Crippen molar-refractivity contribution in [2.24, 2.45) is 0 Å². The van der Waals surface area contributed by atoms with E-state index in [4.69, 9.17) is 9.84 Å². The summed E-state index contributed by atoms with van der Waals surface area (Å²) in [5.41, 5.74) is 1.47. The maximum absolute atomic E-state index is 12.7. The molecule has 32 heavy (non-hydrogen) atoms. The summed E-state index contributed by atoms with van der Waals surface area (Å²) in [6.07, 6.45) is -3.35. The van der Waals surface area contributed by atoms with Gasteiger partial charge in [0.05, 0.1) is 6.61 Å². The summed E-state index contributed by atoms with van der Waals surface area (Å²) >= 11 is 0. The van der Waals surface area contributed by atoms with Crippen LogP contribution in [0.1, 0.15) is 32.3 Å². The van der Waals surface area contributed by atoms with Crippen molar-refractivity contribution in [3.8, 4) is 6.07 Å². The molecule has 0 spiro atoms. The predicted octanol–water partition coefficient (Wildman–Crippen LogP) is -0.103. The van der Waals surface area contributed by atoms with Crippen molar-refractivity contribution < 1.29 is 33.6 Å². The Morgan fingerprint density at radius 2 is 1.75 bits per heavy atom. The van der Waals surface area contributed by atoms with Crippen LogP contribution in [0.5, 0.6) is 0 Å². The third-order valence-electron chi connectivity index (χ3n) is 5.13. The predicted molar refractivity (Wildman–Crippen MR) is 119 cm³/mol. The maximum atomic E-state index is 12.7. The number of ether oxygens (including phenoxy) is 1. The Hall–Kier alpha value is -2.04. The van der Waals surface area contributed by atoms with Crippen molar-refractivity contribution in [2.75, 3.05) is 24.6 Å². The average molecular weight is 470 g/mol. The molecule has 11 heteroatoms. The van der Waals surface area contributed by atoms with Crippen LogP contribution < -0.4 is 9.62 Å². The van der Waals surface area contributed by atoms with Gasteiger partial charge in [0.15, 0.2) is 11.2 Å². The lowest BCUT2D eigenvalue weighted by molar-refractivity contribution is -0.251. The van der Waals surface area contributed by atoms with E-state index in [2.05, 4.69) is 18.7 Å². The first-order valence-corrected chi connectivity index (χ1v) is 12.0. The molecule has 5 N–H and O–H groups in total. The minimum absolute atomic E-state index is 0.477. The van der Waals surface area contributed by atoms with E-state index in [-0.39, 0.29) is 0 Å². The molecule has 1 unspecified atom stereocenters. The second-order valence-electron chi connectivity index (χ2n) is 7.57. The number of nitriles is 1. The third kappa shape index (κ3) is 6.26. The van der Waals surface area contributed by atoms with Crippen molar-refractivity contribution in [3.63, 3.8) is 0 Å². The van der Waals surface area contributed by atoms with E-state index in [1.165, 1.54) is 6.08 Å². The van der Waals surface area contributed by atoms with Gasteiger partial charge in [-0.15, -0.1) is 0 Å². The zero-order valence-corrected chi connectivity index (χ0v) is 18.9. The number of hydrogen-bond acceptors (Lipinski definition) is 9. The first-order chi connectivity index (χ1) is 15.2. The van der Waals surface area contributed by atoms with Crippen molar-refractivity contribution in [1.82, 2.24) is 4.72 Å². The summed E-state index contributed by atoms with van der Waals surface area (Å²) in [6, 6.07) is 7.07. The lowest BCUT2D eigenvalue weighted by Crippen LogP contribution is -2.64. The molecular weight excluding hydrogens is 438 g/mol. The Morgan fingerprint density at radius 3 is 2.25 bits per heavy atom. The molecule has 1 saturated heterocycles. The monoisotopic (exact) mass is 469 g/mol. The number of rotatable bonds is 10. The highest BCUT2D eigenvalue weighted by Crippen LogP contribution is 2.23. The SMILES string of the molecule is CCCN(CCC)c1ccc(/C=C(\C#N)S(=O)(=O)N[C@H]2C(O)O[C@H](CO)[C@@H](O)[C@@H]2O)cc1. The van der Waals surface area contributed by atoms with E-state index in [9.17, 15) is 29.0 Å². The standard InChI is InChI=1S/C21H31N3O7S/c1-3-9-24(10-4-2)15-7-5-14(6-8-15)11-16(12-22)32(29,30)23-18-20(27)19(26)17(13-25)31-21(18)28/h5-8,11,17-21,23,25-28H,3-4,9-10,13H2,1-2H3/b16-11+/t17-,18-,19-,20-,21?/m1/s1. The van der Waals surface area contributed by atoms with E-state index in [1.54, 1.807) is 18.2 Å². The highest BCUT2D eigenvalue weighted by atomic mass is 32.2. The molecule has 0 saturated carbocycles. The molecule has 0 amide bonds. The number of nitrogens with zero attached hydrogens (tertiary/aromatic N) is 2. The highest BCUT2D eigenvalue weighted by Gasteiger charge is 2.45. The number of hydrogen-bond donors (Lipinski definition) is 5. The van der Waals surface area contributed by atoms with Crippen LogP contribution in [0.15, 0.2) is 29.2 Å². The van der Waals surface area contributed by atoms with Gasteiger partial charge in [-0.1, -0.05) is 26.0 Å². The van der Waals surface area contributed by atoms with Gasteiger partial charge >= 0.3 is 0 Å². The fraction of sp³-hybridized carbons (Fsp3) is 0.571. The zero-order valence-electron chi connectivity index (χ0n) is 18.1. The molecule has 1 aliphatic rings. The van der Waals surface area contributed by atoms with Gasteiger partial charge in [0.25, 0.3) is 10.0 Å². The summed E-state index contributed by atoms with van der Waals surface area (Å²) < 4.78 is 32.4. The molecule has 178 valence electrons. The molecule has 0 bridgehead atoms. The molecule has 1 heterocycles. The van der Waals surface area contributed by atoms with Crippen molar-refractivity contribution >= 4 is 21.8 Å². The summed E-state index contributed by atoms with van der Waals surface area (Å²) in [5.74, 6) is 0. The van der Waals surface area contributed by atoms with Crippen molar-refractivity contribution in [1.29, 1.82) is 5.26 Å². The van der Waals surface area contributed by atoms with Gasteiger partial charge in [-0.3, -0.25) is 0 Å². The lowest BCUT2D eigenvalue weighted by atomic mass is 9.98. The van der Waals surface area contributed by atoms with Crippen LogP contribution in [0.4, 0.5) is 5.69 Å². The van der Waals surface area contributed by atoms with Gasteiger partial charge in [-0.25, -0.2) is 8.42 Å². The summed E-state index contributed by atoms with van der Waals surface area (Å²) in [5, 5.41) is 48.6. The van der Waals surface area contributed by atoms with E-state index < -0.39 is 52.2 Å². The van der Waals surface area contributed by atoms with Crippen LogP contribution >= 0.6 is 0 Å². The van der Waals surface area contributed by atoms with Crippen molar-refractivity contribution in [2.45, 2.75) is 57.3 Å². The Labute approximate surface area is 188 Å². The quantitative estimate of drug-likeness (QED) is 0.294. The molecular formula is C21H31N3O7S. The first kappa shape index (κ1) is 26.2. The second kappa shape index (κ2) is 11.7. The minimum Gasteiger partial charge on any atom is -0.394 e. The number of nitrogens with one attached hydrogen (secondary N) is 1. The van der Waals surface area contributed by atoms with Gasteiger partial charge in [0.2, 0.25) is 0 Å².